The van der Waals surface area contributed by atoms with Gasteiger partial charge in [-0.05, 0) is 12.0 Å². The number of ether oxygens (including phenoxy) is 1. The molecule has 12 heavy (non-hydrogen) atoms. The second-order valence-corrected chi connectivity index (χ2v) is 2.68. The van der Waals surface area contributed by atoms with Gasteiger partial charge in [0.1, 0.15) is 0 Å². The molecule has 0 spiro atoms. The van der Waals surface area contributed by atoms with Gasteiger partial charge in [0.15, 0.2) is 6.29 Å². The minimum absolute atomic E-state index is 0.795. The Morgan fingerprint density at radius 2 is 1.92 bits per heavy atom. The van der Waals surface area contributed by atoms with Gasteiger partial charge in [0.05, 0.1) is 0 Å². The Morgan fingerprint density at radius 3 is 2.33 bits per heavy atom. The Balaban J connectivity index is 2.77. The number of aliphatic hydroxyl groups excluding tert-OH is 1. The number of methoxy groups -OCH3 is 1. The quantitative estimate of drug-likeness (QED) is 0.695. The van der Waals surface area contributed by atoms with E-state index in [2.05, 4.69) is 6.92 Å². The van der Waals surface area contributed by atoms with Crippen LogP contribution in [0.25, 0.3) is 0 Å². The van der Waals surface area contributed by atoms with Gasteiger partial charge >= 0.3 is 0 Å². The molecule has 0 aromatic heterocycles. The summed E-state index contributed by atoms with van der Waals surface area (Å²) >= 11 is 0. The maximum absolute atomic E-state index is 9.27. The fourth-order valence-corrected chi connectivity index (χ4v) is 1.05. The highest BCUT2D eigenvalue weighted by Crippen LogP contribution is 2.13. The summed E-state index contributed by atoms with van der Waals surface area (Å²) in [6.07, 6.45) is 0.222. The third kappa shape index (κ3) is 2.06. The lowest BCUT2D eigenvalue weighted by molar-refractivity contribution is -0.0769. The Bertz CT molecular complexity index is 228. The summed E-state index contributed by atoms with van der Waals surface area (Å²) in [6.45, 7) is 2.10. The molecule has 1 aromatic carbocycles. The van der Waals surface area contributed by atoms with Crippen LogP contribution in [-0.4, -0.2) is 12.2 Å². The molecule has 0 aliphatic carbocycles. The molecule has 0 radical (unpaired) electrons. The average molecular weight is 166 g/mol. The van der Waals surface area contributed by atoms with E-state index in [1.807, 2.05) is 24.3 Å². The fraction of sp³-hybridized carbons (Fsp3) is 0.400. The maximum atomic E-state index is 9.27. The van der Waals surface area contributed by atoms with E-state index in [0.29, 0.717) is 0 Å². The van der Waals surface area contributed by atoms with Gasteiger partial charge in [-0.25, -0.2) is 0 Å². The first-order chi connectivity index (χ1) is 5.77. The van der Waals surface area contributed by atoms with Crippen molar-refractivity contribution in [1.29, 1.82) is 0 Å². The van der Waals surface area contributed by atoms with Gasteiger partial charge in [0.25, 0.3) is 0 Å². The van der Waals surface area contributed by atoms with Crippen molar-refractivity contribution in [3.05, 3.63) is 35.4 Å². The molecular formula is C10H14O2. The largest absolute Gasteiger partial charge is 0.364 e. The molecule has 0 saturated carbocycles. The SMILES string of the molecule is CCc1ccc(C(O)OC)cc1. The van der Waals surface area contributed by atoms with Crippen LogP contribution in [0.2, 0.25) is 0 Å². The first-order valence-corrected chi connectivity index (χ1v) is 4.07. The topological polar surface area (TPSA) is 29.5 Å². The number of aryl methyl sites for hydroxylation is 1. The van der Waals surface area contributed by atoms with Gasteiger partial charge in [0.2, 0.25) is 0 Å². The van der Waals surface area contributed by atoms with Gasteiger partial charge in [-0.15, -0.1) is 0 Å². The number of aliphatic hydroxyl groups is 1. The standard InChI is InChI=1S/C10H14O2/c1-3-8-4-6-9(7-5-8)10(11)12-2/h4-7,10-11H,3H2,1-2H3. The summed E-state index contributed by atoms with van der Waals surface area (Å²) < 4.78 is 4.77. The third-order valence-electron chi connectivity index (χ3n) is 1.90. The highest BCUT2D eigenvalue weighted by Gasteiger charge is 2.03. The molecule has 2 heteroatoms. The van der Waals surface area contributed by atoms with Crippen molar-refractivity contribution in [2.75, 3.05) is 7.11 Å². The van der Waals surface area contributed by atoms with Crippen LogP contribution in [0.1, 0.15) is 24.3 Å². The first-order valence-electron chi connectivity index (χ1n) is 4.07. The molecule has 2 nitrogen and oxygen atoms in total. The zero-order chi connectivity index (χ0) is 8.97. The predicted octanol–water partition coefficient (Wildman–Crippen LogP) is 1.89. The van der Waals surface area contributed by atoms with Crippen molar-refractivity contribution in [3.63, 3.8) is 0 Å². The average Bonchev–Trinajstić information content (AvgIpc) is 2.17. The van der Waals surface area contributed by atoms with Crippen LogP contribution in [0, 0.1) is 0 Å². The highest BCUT2D eigenvalue weighted by molar-refractivity contribution is 5.23. The summed E-state index contributed by atoms with van der Waals surface area (Å²) in [5.41, 5.74) is 2.07. The van der Waals surface area contributed by atoms with Crippen LogP contribution in [0.4, 0.5) is 0 Å². The third-order valence-corrected chi connectivity index (χ3v) is 1.90. The normalized spacial score (nSPS) is 12.9. The molecule has 1 atom stereocenters. The maximum Gasteiger partial charge on any atom is 0.180 e. The number of rotatable bonds is 3. The van der Waals surface area contributed by atoms with E-state index in [0.717, 1.165) is 12.0 Å². The van der Waals surface area contributed by atoms with E-state index in [1.54, 1.807) is 0 Å². The van der Waals surface area contributed by atoms with Crippen molar-refractivity contribution in [3.8, 4) is 0 Å². The van der Waals surface area contributed by atoms with E-state index in [1.165, 1.54) is 12.7 Å². The number of benzene rings is 1. The zero-order valence-corrected chi connectivity index (χ0v) is 7.45. The smallest absolute Gasteiger partial charge is 0.180 e. The van der Waals surface area contributed by atoms with E-state index < -0.39 is 6.29 Å². The summed E-state index contributed by atoms with van der Waals surface area (Å²) in [5, 5.41) is 9.27. The van der Waals surface area contributed by atoms with Crippen molar-refractivity contribution < 1.29 is 9.84 Å². The van der Waals surface area contributed by atoms with E-state index in [9.17, 15) is 5.11 Å². The minimum atomic E-state index is -0.795. The summed E-state index contributed by atoms with van der Waals surface area (Å²) in [6, 6.07) is 7.76. The lowest BCUT2D eigenvalue weighted by Gasteiger charge is -2.08. The monoisotopic (exact) mass is 166 g/mol. The van der Waals surface area contributed by atoms with Crippen molar-refractivity contribution in [2.24, 2.45) is 0 Å². The fourth-order valence-electron chi connectivity index (χ4n) is 1.05. The molecule has 0 bridgehead atoms. The number of hydrogen-bond acceptors (Lipinski definition) is 2. The van der Waals surface area contributed by atoms with Crippen LogP contribution in [0.15, 0.2) is 24.3 Å². The molecular weight excluding hydrogens is 152 g/mol. The zero-order valence-electron chi connectivity index (χ0n) is 7.45. The van der Waals surface area contributed by atoms with Crippen LogP contribution in [0.5, 0.6) is 0 Å². The van der Waals surface area contributed by atoms with Gasteiger partial charge < -0.3 is 9.84 Å². The first kappa shape index (κ1) is 9.23. The van der Waals surface area contributed by atoms with Crippen LogP contribution in [0.3, 0.4) is 0 Å². The molecule has 66 valence electrons. The van der Waals surface area contributed by atoms with E-state index in [4.69, 9.17) is 4.74 Å². The molecule has 1 N–H and O–H groups in total. The van der Waals surface area contributed by atoms with Crippen molar-refractivity contribution in [2.45, 2.75) is 19.6 Å². The van der Waals surface area contributed by atoms with Crippen LogP contribution < -0.4 is 0 Å². The highest BCUT2D eigenvalue weighted by atomic mass is 16.6. The summed E-state index contributed by atoms with van der Waals surface area (Å²) in [5.74, 6) is 0. The summed E-state index contributed by atoms with van der Waals surface area (Å²) in [4.78, 5) is 0. The number of hydrogen-bond donors (Lipinski definition) is 1. The van der Waals surface area contributed by atoms with Crippen molar-refractivity contribution in [1.82, 2.24) is 0 Å². The molecule has 0 heterocycles. The molecule has 0 aliphatic heterocycles. The minimum Gasteiger partial charge on any atom is -0.364 e. The lowest BCUT2D eigenvalue weighted by atomic mass is 10.1. The van der Waals surface area contributed by atoms with E-state index >= 15 is 0 Å². The summed E-state index contributed by atoms with van der Waals surface area (Å²) in [7, 11) is 1.48. The Kier molecular flexibility index (Phi) is 3.26. The molecule has 1 unspecified atom stereocenters. The molecule has 1 rings (SSSR count). The Morgan fingerprint density at radius 1 is 1.33 bits per heavy atom. The van der Waals surface area contributed by atoms with E-state index in [-0.39, 0.29) is 0 Å². The van der Waals surface area contributed by atoms with Crippen LogP contribution >= 0.6 is 0 Å². The van der Waals surface area contributed by atoms with Gasteiger partial charge in [-0.2, -0.15) is 0 Å². The van der Waals surface area contributed by atoms with Gasteiger partial charge in [0, 0.05) is 12.7 Å². The predicted molar refractivity (Wildman–Crippen MR) is 47.8 cm³/mol. The molecule has 0 fully saturated rings. The molecule has 0 saturated heterocycles. The lowest BCUT2D eigenvalue weighted by Crippen LogP contribution is -1.98. The molecule has 0 amide bonds. The van der Waals surface area contributed by atoms with Crippen molar-refractivity contribution >= 4 is 0 Å². The Labute approximate surface area is 72.8 Å². The molecule has 1 aromatic rings. The second kappa shape index (κ2) is 4.24. The van der Waals surface area contributed by atoms with Crippen LogP contribution in [-0.2, 0) is 11.2 Å². The van der Waals surface area contributed by atoms with Gasteiger partial charge in [-0.1, -0.05) is 31.2 Å². The molecule has 0 aliphatic rings. The Hall–Kier alpha value is -0.860. The van der Waals surface area contributed by atoms with Gasteiger partial charge in [-0.3, -0.25) is 0 Å². The second-order valence-electron chi connectivity index (χ2n) is 2.68.